The summed E-state index contributed by atoms with van der Waals surface area (Å²) in [5, 5.41) is 9.90. The molecule has 0 aliphatic carbocycles. The molecule has 0 saturated carbocycles. The summed E-state index contributed by atoms with van der Waals surface area (Å²) < 4.78 is 0. The standard InChI is InChI=1S/C23H25N3O4/c27-20-9-5-4-8-19(20)23(30)25-12-10-24(11-13-25)22(29)18-14-21(28)26(16-18)15-17-6-2-1-3-7-17/h1-9,18,27H,10-16H2. The SMILES string of the molecule is O=C1CC(C(=O)N2CCN(C(=O)c3ccccc3O)CC2)CN1Cc1ccccc1. The molecular formula is C23H25N3O4. The molecule has 0 spiro atoms. The zero-order valence-electron chi connectivity index (χ0n) is 16.7. The van der Waals surface area contributed by atoms with Crippen molar-refractivity contribution >= 4 is 17.7 Å². The van der Waals surface area contributed by atoms with E-state index in [0.29, 0.717) is 39.3 Å². The number of para-hydroxylation sites is 1. The first-order valence-electron chi connectivity index (χ1n) is 10.2. The lowest BCUT2D eigenvalue weighted by Gasteiger charge is -2.36. The van der Waals surface area contributed by atoms with Crippen LogP contribution in [0.5, 0.6) is 5.75 Å². The van der Waals surface area contributed by atoms with Crippen molar-refractivity contribution < 1.29 is 19.5 Å². The highest BCUT2D eigenvalue weighted by molar-refractivity contribution is 5.97. The smallest absolute Gasteiger partial charge is 0.257 e. The predicted octanol–water partition coefficient (Wildman–Crippen LogP) is 1.73. The number of phenolic OH excluding ortho intramolecular Hbond substituents is 1. The van der Waals surface area contributed by atoms with Gasteiger partial charge in [0, 0.05) is 45.7 Å². The summed E-state index contributed by atoms with van der Waals surface area (Å²) in [6.45, 7) is 2.64. The number of carbonyl (C=O) groups excluding carboxylic acids is 3. The van der Waals surface area contributed by atoms with Crippen LogP contribution in [-0.2, 0) is 16.1 Å². The van der Waals surface area contributed by atoms with Crippen molar-refractivity contribution in [2.24, 2.45) is 5.92 Å². The first-order valence-corrected chi connectivity index (χ1v) is 10.2. The molecule has 0 aromatic heterocycles. The van der Waals surface area contributed by atoms with Crippen molar-refractivity contribution in [2.75, 3.05) is 32.7 Å². The highest BCUT2D eigenvalue weighted by atomic mass is 16.3. The van der Waals surface area contributed by atoms with E-state index in [1.165, 1.54) is 6.07 Å². The summed E-state index contributed by atoms with van der Waals surface area (Å²) >= 11 is 0. The van der Waals surface area contributed by atoms with Gasteiger partial charge in [0.25, 0.3) is 5.91 Å². The van der Waals surface area contributed by atoms with Crippen LogP contribution in [0.15, 0.2) is 54.6 Å². The van der Waals surface area contributed by atoms with Crippen molar-refractivity contribution in [3.05, 3.63) is 65.7 Å². The minimum Gasteiger partial charge on any atom is -0.507 e. The summed E-state index contributed by atoms with van der Waals surface area (Å²) in [6, 6.07) is 16.2. The topological polar surface area (TPSA) is 81.2 Å². The Hall–Kier alpha value is -3.35. The van der Waals surface area contributed by atoms with Crippen LogP contribution >= 0.6 is 0 Å². The molecule has 0 radical (unpaired) electrons. The van der Waals surface area contributed by atoms with Gasteiger partial charge >= 0.3 is 0 Å². The molecule has 2 heterocycles. The maximum atomic E-state index is 12.9. The van der Waals surface area contributed by atoms with Gasteiger partial charge in [-0.15, -0.1) is 0 Å². The number of aromatic hydroxyl groups is 1. The average Bonchev–Trinajstić information content (AvgIpc) is 3.14. The molecule has 2 fully saturated rings. The summed E-state index contributed by atoms with van der Waals surface area (Å²) in [5.41, 5.74) is 1.32. The highest BCUT2D eigenvalue weighted by Gasteiger charge is 2.37. The molecule has 2 aromatic carbocycles. The molecule has 0 bridgehead atoms. The van der Waals surface area contributed by atoms with Crippen molar-refractivity contribution in [1.29, 1.82) is 0 Å². The molecule has 1 unspecified atom stereocenters. The Bertz CT molecular complexity index is 938. The second-order valence-corrected chi connectivity index (χ2v) is 7.80. The second kappa shape index (κ2) is 8.57. The van der Waals surface area contributed by atoms with Gasteiger partial charge in [-0.05, 0) is 17.7 Å². The number of nitrogens with zero attached hydrogens (tertiary/aromatic N) is 3. The normalized spacial score (nSPS) is 19.3. The maximum Gasteiger partial charge on any atom is 0.257 e. The number of likely N-dealkylation sites (tertiary alicyclic amines) is 1. The highest BCUT2D eigenvalue weighted by Crippen LogP contribution is 2.24. The quantitative estimate of drug-likeness (QED) is 0.837. The first kappa shape index (κ1) is 19.9. The molecule has 1 atom stereocenters. The van der Waals surface area contributed by atoms with E-state index in [4.69, 9.17) is 0 Å². The van der Waals surface area contributed by atoms with Crippen molar-refractivity contribution in [3.8, 4) is 5.75 Å². The van der Waals surface area contributed by atoms with Crippen LogP contribution in [-0.4, -0.2) is 70.3 Å². The lowest BCUT2D eigenvalue weighted by atomic mass is 10.1. The van der Waals surface area contributed by atoms with Crippen molar-refractivity contribution in [1.82, 2.24) is 14.7 Å². The number of carbonyl (C=O) groups is 3. The van der Waals surface area contributed by atoms with Gasteiger partial charge in [0.15, 0.2) is 0 Å². The van der Waals surface area contributed by atoms with E-state index < -0.39 is 0 Å². The van der Waals surface area contributed by atoms with Crippen LogP contribution < -0.4 is 0 Å². The van der Waals surface area contributed by atoms with E-state index >= 15 is 0 Å². The molecule has 2 saturated heterocycles. The number of phenols is 1. The third kappa shape index (κ3) is 4.15. The number of amides is 3. The fourth-order valence-electron chi connectivity index (χ4n) is 4.11. The van der Waals surface area contributed by atoms with Gasteiger partial charge in [0.2, 0.25) is 11.8 Å². The average molecular weight is 407 g/mol. The van der Waals surface area contributed by atoms with Crippen LogP contribution in [0.25, 0.3) is 0 Å². The maximum absolute atomic E-state index is 12.9. The van der Waals surface area contributed by atoms with Crippen LogP contribution in [0.2, 0.25) is 0 Å². The molecule has 1 N–H and O–H groups in total. The number of piperazine rings is 1. The molecule has 7 nitrogen and oxygen atoms in total. The lowest BCUT2D eigenvalue weighted by Crippen LogP contribution is -2.52. The van der Waals surface area contributed by atoms with Crippen LogP contribution in [0.4, 0.5) is 0 Å². The van der Waals surface area contributed by atoms with Gasteiger partial charge in [-0.3, -0.25) is 14.4 Å². The largest absolute Gasteiger partial charge is 0.507 e. The van der Waals surface area contributed by atoms with Gasteiger partial charge in [0.05, 0.1) is 11.5 Å². The molecule has 3 amide bonds. The summed E-state index contributed by atoms with van der Waals surface area (Å²) in [6.07, 6.45) is 0.239. The third-order valence-electron chi connectivity index (χ3n) is 5.79. The number of rotatable bonds is 4. The van der Waals surface area contributed by atoms with Crippen LogP contribution in [0, 0.1) is 5.92 Å². The Morgan fingerprint density at radius 3 is 2.23 bits per heavy atom. The van der Waals surface area contributed by atoms with Crippen molar-refractivity contribution in [2.45, 2.75) is 13.0 Å². The van der Waals surface area contributed by atoms with Gasteiger partial charge in [-0.25, -0.2) is 0 Å². The molecule has 2 aliphatic heterocycles. The van der Waals surface area contributed by atoms with E-state index in [2.05, 4.69) is 0 Å². The minimum atomic E-state index is -0.332. The molecule has 2 aliphatic rings. The van der Waals surface area contributed by atoms with Gasteiger partial charge in [-0.2, -0.15) is 0 Å². The van der Waals surface area contributed by atoms with Crippen LogP contribution in [0.1, 0.15) is 22.3 Å². The number of hydrogen-bond donors (Lipinski definition) is 1. The first-order chi connectivity index (χ1) is 14.5. The van der Waals surface area contributed by atoms with E-state index in [1.807, 2.05) is 30.3 Å². The van der Waals surface area contributed by atoms with Crippen molar-refractivity contribution in [3.63, 3.8) is 0 Å². The monoisotopic (exact) mass is 407 g/mol. The van der Waals surface area contributed by atoms with E-state index in [-0.39, 0.29) is 41.4 Å². The fourth-order valence-corrected chi connectivity index (χ4v) is 4.11. The molecule has 30 heavy (non-hydrogen) atoms. The molecular weight excluding hydrogens is 382 g/mol. The zero-order chi connectivity index (χ0) is 21.1. The summed E-state index contributed by atoms with van der Waals surface area (Å²) in [4.78, 5) is 43.1. The Labute approximate surface area is 175 Å². The van der Waals surface area contributed by atoms with E-state index in [0.717, 1.165) is 5.56 Å². The molecule has 7 heteroatoms. The minimum absolute atomic E-state index is 0.00516. The molecule has 4 rings (SSSR count). The lowest BCUT2D eigenvalue weighted by molar-refractivity contribution is -0.137. The second-order valence-electron chi connectivity index (χ2n) is 7.80. The number of benzene rings is 2. The van der Waals surface area contributed by atoms with Gasteiger partial charge in [0.1, 0.15) is 5.75 Å². The number of hydrogen-bond acceptors (Lipinski definition) is 4. The summed E-state index contributed by atoms with van der Waals surface area (Å²) in [7, 11) is 0. The Morgan fingerprint density at radius 1 is 0.900 bits per heavy atom. The molecule has 2 aromatic rings. The predicted molar refractivity (Wildman–Crippen MR) is 111 cm³/mol. The molecule has 156 valence electrons. The van der Waals surface area contributed by atoms with E-state index in [1.54, 1.807) is 32.9 Å². The van der Waals surface area contributed by atoms with Gasteiger partial charge < -0.3 is 19.8 Å². The zero-order valence-corrected chi connectivity index (χ0v) is 16.7. The Balaban J connectivity index is 1.32. The summed E-state index contributed by atoms with van der Waals surface area (Å²) in [5.74, 6) is -0.616. The van der Waals surface area contributed by atoms with Crippen LogP contribution in [0.3, 0.4) is 0 Å². The fraction of sp³-hybridized carbons (Fsp3) is 0.348. The Morgan fingerprint density at radius 2 is 1.53 bits per heavy atom. The van der Waals surface area contributed by atoms with E-state index in [9.17, 15) is 19.5 Å². The third-order valence-corrected chi connectivity index (χ3v) is 5.79. The van der Waals surface area contributed by atoms with Gasteiger partial charge in [-0.1, -0.05) is 42.5 Å². The Kier molecular flexibility index (Phi) is 5.70.